The average Bonchev–Trinajstić information content (AvgIpc) is 3.07. The predicted molar refractivity (Wildman–Crippen MR) is 143 cm³/mol. The number of benzene rings is 3. The zero-order valence-corrected chi connectivity index (χ0v) is 21.2. The Morgan fingerprint density at radius 2 is 1.74 bits per heavy atom. The van der Waals surface area contributed by atoms with Crippen LogP contribution in [0.4, 0.5) is 11.4 Å². The van der Waals surface area contributed by atoms with Crippen LogP contribution in [0.3, 0.4) is 0 Å². The molecule has 1 aliphatic heterocycles. The minimum absolute atomic E-state index is 0.0529. The smallest absolute Gasteiger partial charge is 0.256 e. The van der Waals surface area contributed by atoms with Gasteiger partial charge in [-0.25, -0.2) is 0 Å². The maximum atomic E-state index is 13.5. The average molecular weight is 528 g/mol. The highest BCUT2D eigenvalue weighted by Crippen LogP contribution is 2.29. The van der Waals surface area contributed by atoms with Crippen molar-refractivity contribution in [3.05, 3.63) is 88.4 Å². The van der Waals surface area contributed by atoms with Crippen LogP contribution < -0.4 is 15.0 Å². The van der Waals surface area contributed by atoms with Gasteiger partial charge in [-0.3, -0.25) is 14.5 Å². The summed E-state index contributed by atoms with van der Waals surface area (Å²) in [6.45, 7) is 0.462. The number of amides is 2. The molecule has 0 aromatic heterocycles. The molecule has 0 radical (unpaired) electrons. The summed E-state index contributed by atoms with van der Waals surface area (Å²) in [7, 11) is 1.58. The minimum atomic E-state index is -0.743. The molecule has 35 heavy (non-hydrogen) atoms. The molecular weight excluding hydrogens is 505 g/mol. The first-order valence-electron chi connectivity index (χ1n) is 10.9. The van der Waals surface area contributed by atoms with Gasteiger partial charge in [0.25, 0.3) is 5.91 Å². The van der Waals surface area contributed by atoms with E-state index in [2.05, 4.69) is 5.32 Å². The predicted octanol–water partition coefficient (Wildman–Crippen LogP) is 5.58. The molecule has 1 aliphatic rings. The molecule has 180 valence electrons. The van der Waals surface area contributed by atoms with Gasteiger partial charge in [-0.1, -0.05) is 41.4 Å². The summed E-state index contributed by atoms with van der Waals surface area (Å²) >= 11 is 17.9. The van der Waals surface area contributed by atoms with E-state index in [1.54, 1.807) is 60.5 Å². The second-order valence-corrected chi connectivity index (χ2v) is 9.24. The van der Waals surface area contributed by atoms with E-state index >= 15 is 0 Å². The molecule has 0 saturated carbocycles. The lowest BCUT2D eigenvalue weighted by Gasteiger charge is -2.24. The topological polar surface area (TPSA) is 61.9 Å². The van der Waals surface area contributed by atoms with Crippen LogP contribution in [0.15, 0.2) is 72.8 Å². The number of thiocarbonyl (C=S) groups is 1. The molecule has 0 aliphatic carbocycles. The van der Waals surface area contributed by atoms with E-state index in [1.165, 1.54) is 4.90 Å². The summed E-state index contributed by atoms with van der Waals surface area (Å²) in [6.07, 6.45) is 0.577. The molecule has 1 heterocycles. The SMILES string of the molecule is COc1ccc(NC(=O)CC2C(=O)N(c3cccc(Cl)c3)C(=S)N2CCc2ccc(Cl)cc2)cc1. The molecule has 4 rings (SSSR count). The third kappa shape index (κ3) is 5.93. The maximum Gasteiger partial charge on any atom is 0.256 e. The van der Waals surface area contributed by atoms with E-state index < -0.39 is 6.04 Å². The van der Waals surface area contributed by atoms with Crippen molar-refractivity contribution in [3.63, 3.8) is 0 Å². The lowest BCUT2D eigenvalue weighted by Crippen LogP contribution is -2.39. The second-order valence-electron chi connectivity index (χ2n) is 8.00. The zero-order chi connectivity index (χ0) is 24.9. The molecule has 1 saturated heterocycles. The molecule has 1 fully saturated rings. The Kier molecular flexibility index (Phi) is 7.90. The molecule has 0 bridgehead atoms. The number of methoxy groups -OCH3 is 1. The first kappa shape index (κ1) is 25.0. The number of ether oxygens (including phenoxy) is 1. The van der Waals surface area contributed by atoms with Crippen LogP contribution in [-0.4, -0.2) is 41.5 Å². The number of anilines is 2. The summed E-state index contributed by atoms with van der Waals surface area (Å²) in [4.78, 5) is 29.7. The third-order valence-electron chi connectivity index (χ3n) is 5.69. The molecule has 2 amide bonds. The highest BCUT2D eigenvalue weighted by molar-refractivity contribution is 7.80. The molecule has 6 nitrogen and oxygen atoms in total. The Morgan fingerprint density at radius 3 is 2.40 bits per heavy atom. The van der Waals surface area contributed by atoms with Crippen LogP contribution in [0.25, 0.3) is 0 Å². The van der Waals surface area contributed by atoms with Gasteiger partial charge in [0.1, 0.15) is 11.8 Å². The van der Waals surface area contributed by atoms with Gasteiger partial charge in [0.05, 0.1) is 19.2 Å². The lowest BCUT2D eigenvalue weighted by molar-refractivity contribution is -0.124. The number of carbonyl (C=O) groups excluding carboxylic acids is 2. The van der Waals surface area contributed by atoms with Crippen molar-refractivity contribution in [1.82, 2.24) is 4.90 Å². The summed E-state index contributed by atoms with van der Waals surface area (Å²) < 4.78 is 5.15. The van der Waals surface area contributed by atoms with Crippen molar-refractivity contribution < 1.29 is 14.3 Å². The summed E-state index contributed by atoms with van der Waals surface area (Å²) in [5, 5.41) is 4.34. The van der Waals surface area contributed by atoms with E-state index in [4.69, 9.17) is 40.2 Å². The first-order chi connectivity index (χ1) is 16.9. The number of hydrogen-bond acceptors (Lipinski definition) is 4. The summed E-state index contributed by atoms with van der Waals surface area (Å²) in [6, 6.07) is 20.7. The highest BCUT2D eigenvalue weighted by atomic mass is 35.5. The van der Waals surface area contributed by atoms with E-state index in [0.29, 0.717) is 45.2 Å². The Labute approximate surface area is 219 Å². The van der Waals surface area contributed by atoms with Gasteiger partial charge < -0.3 is 15.0 Å². The van der Waals surface area contributed by atoms with Crippen LogP contribution >= 0.6 is 35.4 Å². The van der Waals surface area contributed by atoms with Crippen LogP contribution in [0, 0.1) is 0 Å². The van der Waals surface area contributed by atoms with Crippen molar-refractivity contribution in [2.24, 2.45) is 0 Å². The molecule has 0 spiro atoms. The highest BCUT2D eigenvalue weighted by Gasteiger charge is 2.43. The number of nitrogens with zero attached hydrogens (tertiary/aromatic N) is 2. The van der Waals surface area contributed by atoms with Gasteiger partial charge in [-0.05, 0) is 78.8 Å². The van der Waals surface area contributed by atoms with Crippen LogP contribution in [-0.2, 0) is 16.0 Å². The molecule has 1 unspecified atom stereocenters. The quantitative estimate of drug-likeness (QED) is 0.387. The second kappa shape index (κ2) is 11.1. The fourth-order valence-electron chi connectivity index (χ4n) is 3.90. The monoisotopic (exact) mass is 527 g/mol. The summed E-state index contributed by atoms with van der Waals surface area (Å²) in [5.41, 5.74) is 2.23. The van der Waals surface area contributed by atoms with Gasteiger partial charge in [0.2, 0.25) is 5.91 Å². The Hall–Kier alpha value is -3.13. The van der Waals surface area contributed by atoms with Crippen LogP contribution in [0.2, 0.25) is 10.0 Å². The zero-order valence-electron chi connectivity index (χ0n) is 18.9. The van der Waals surface area contributed by atoms with Gasteiger partial charge in [-0.15, -0.1) is 0 Å². The third-order valence-corrected chi connectivity index (χ3v) is 6.60. The van der Waals surface area contributed by atoms with Gasteiger partial charge in [0.15, 0.2) is 5.11 Å². The van der Waals surface area contributed by atoms with E-state index in [-0.39, 0.29) is 18.2 Å². The number of carbonyl (C=O) groups is 2. The van der Waals surface area contributed by atoms with Crippen molar-refractivity contribution in [3.8, 4) is 5.75 Å². The van der Waals surface area contributed by atoms with Crippen molar-refractivity contribution in [1.29, 1.82) is 0 Å². The Bertz CT molecular complexity index is 1240. The molecule has 3 aromatic carbocycles. The van der Waals surface area contributed by atoms with Gasteiger partial charge in [0, 0.05) is 22.3 Å². The Balaban J connectivity index is 1.54. The fraction of sp³-hybridized carbons (Fsp3) is 0.192. The van der Waals surface area contributed by atoms with E-state index in [0.717, 1.165) is 5.56 Å². The number of rotatable bonds is 8. The number of halogens is 2. The van der Waals surface area contributed by atoms with E-state index in [1.807, 2.05) is 24.3 Å². The van der Waals surface area contributed by atoms with Crippen molar-refractivity contribution >= 4 is 63.7 Å². The number of hydrogen-bond donors (Lipinski definition) is 1. The van der Waals surface area contributed by atoms with E-state index in [9.17, 15) is 9.59 Å². The standard InChI is InChI=1S/C26H23Cl2N3O3S/c1-34-22-11-9-20(10-12-22)29-24(32)16-23-25(33)31(21-4-2-3-19(28)15-21)26(35)30(23)14-13-17-5-7-18(27)8-6-17/h2-12,15,23H,13-14,16H2,1H3,(H,29,32). The fourth-order valence-corrected chi connectivity index (χ4v) is 4.63. The minimum Gasteiger partial charge on any atom is -0.497 e. The van der Waals surface area contributed by atoms with Gasteiger partial charge >= 0.3 is 0 Å². The van der Waals surface area contributed by atoms with Crippen molar-refractivity contribution in [2.75, 3.05) is 23.9 Å². The molecule has 1 N–H and O–H groups in total. The molecular formula is C26H23Cl2N3O3S. The largest absolute Gasteiger partial charge is 0.497 e. The van der Waals surface area contributed by atoms with Crippen molar-refractivity contribution in [2.45, 2.75) is 18.9 Å². The van der Waals surface area contributed by atoms with Crippen LogP contribution in [0.1, 0.15) is 12.0 Å². The maximum absolute atomic E-state index is 13.5. The normalized spacial score (nSPS) is 15.5. The van der Waals surface area contributed by atoms with Crippen LogP contribution in [0.5, 0.6) is 5.75 Å². The summed E-state index contributed by atoms with van der Waals surface area (Å²) in [5.74, 6) is 0.129. The Morgan fingerprint density at radius 1 is 1.03 bits per heavy atom. The lowest BCUT2D eigenvalue weighted by atomic mass is 10.1. The number of nitrogens with one attached hydrogen (secondary N) is 1. The van der Waals surface area contributed by atoms with Gasteiger partial charge in [-0.2, -0.15) is 0 Å². The molecule has 9 heteroatoms. The molecule has 3 aromatic rings. The first-order valence-corrected chi connectivity index (χ1v) is 12.1. The molecule has 1 atom stereocenters.